The molecule has 0 fully saturated rings. The number of aliphatic hydroxyl groups is 3. The van der Waals surface area contributed by atoms with Gasteiger partial charge < -0.3 is 20.2 Å². The van der Waals surface area contributed by atoms with Crippen LogP contribution in [0.3, 0.4) is 0 Å². The van der Waals surface area contributed by atoms with Gasteiger partial charge >= 0.3 is 0 Å². The van der Waals surface area contributed by atoms with Gasteiger partial charge in [-0.3, -0.25) is 9.59 Å². The van der Waals surface area contributed by atoms with E-state index in [1.807, 2.05) is 18.5 Å². The lowest BCUT2D eigenvalue weighted by molar-refractivity contribution is -0.413. The maximum Gasteiger partial charge on any atom is 0.237 e. The monoisotopic (exact) mass is 485 g/mol. The Morgan fingerprint density at radius 1 is 0.944 bits per heavy atom. The number of aliphatic hydroxyl groups excluding tert-OH is 3. The molecule has 0 saturated heterocycles. The molecule has 0 amide bonds. The van der Waals surface area contributed by atoms with Crippen molar-refractivity contribution < 1.29 is 29.5 Å². The second kappa shape index (κ2) is 7.85. The standard InChI is InChI=1S/C29H28N2O5/c32-17-11-15-3-1-7-30-9-5-19(21(13-17)25(15)30)23-27(34)24(29(36)28(23)35)20-6-10-31-8-2-4-16-12-18(33)14-22(20)26(16)31/h1-3,8,10,17-18,22,32-33H,4-7,9,11-14H2/p+1. The van der Waals surface area contributed by atoms with Crippen LogP contribution in [0.5, 0.6) is 0 Å². The Morgan fingerprint density at radius 2 is 1.78 bits per heavy atom. The molecule has 0 saturated carbocycles. The fourth-order valence-electron chi connectivity index (χ4n) is 7.31. The highest BCUT2D eigenvalue weighted by Crippen LogP contribution is 2.48. The lowest BCUT2D eigenvalue weighted by Crippen LogP contribution is -2.37. The summed E-state index contributed by atoms with van der Waals surface area (Å²) in [6.45, 7) is 1.48. The van der Waals surface area contributed by atoms with Gasteiger partial charge in [0.15, 0.2) is 18.1 Å². The predicted molar refractivity (Wildman–Crippen MR) is 132 cm³/mol. The minimum atomic E-state index is -0.656. The lowest BCUT2D eigenvalue weighted by atomic mass is 9.74. The molecule has 3 unspecified atom stereocenters. The van der Waals surface area contributed by atoms with Gasteiger partial charge in [-0.15, -0.1) is 0 Å². The summed E-state index contributed by atoms with van der Waals surface area (Å²) in [6.07, 6.45) is 12.9. The van der Waals surface area contributed by atoms with E-state index in [4.69, 9.17) is 0 Å². The van der Waals surface area contributed by atoms with E-state index in [-0.39, 0.29) is 22.8 Å². The van der Waals surface area contributed by atoms with Crippen LogP contribution in [-0.4, -0.2) is 67.9 Å². The van der Waals surface area contributed by atoms with E-state index in [2.05, 4.69) is 21.6 Å². The van der Waals surface area contributed by atoms with Gasteiger partial charge in [0, 0.05) is 50.0 Å². The first-order valence-electron chi connectivity index (χ1n) is 12.9. The van der Waals surface area contributed by atoms with Gasteiger partial charge in [0.2, 0.25) is 11.6 Å². The molecule has 0 aromatic heterocycles. The number of hydrogen-bond acceptors (Lipinski definition) is 6. The van der Waals surface area contributed by atoms with E-state index < -0.39 is 23.8 Å². The summed E-state index contributed by atoms with van der Waals surface area (Å²) >= 11 is 0. The van der Waals surface area contributed by atoms with Crippen molar-refractivity contribution >= 4 is 17.8 Å². The van der Waals surface area contributed by atoms with Crippen molar-refractivity contribution in [2.75, 3.05) is 13.1 Å². The number of ketones is 2. The number of allylic oxidation sites excluding steroid dienone is 6. The van der Waals surface area contributed by atoms with Crippen LogP contribution in [0.4, 0.5) is 0 Å². The van der Waals surface area contributed by atoms with E-state index in [1.54, 1.807) is 0 Å². The first-order chi connectivity index (χ1) is 17.4. The van der Waals surface area contributed by atoms with E-state index in [0.717, 1.165) is 46.7 Å². The number of Topliss-reactive ketones (excluding diaryl/α,β-unsaturated/α-hetero) is 2. The Morgan fingerprint density at radius 3 is 2.64 bits per heavy atom. The minimum absolute atomic E-state index is 0.115. The first kappa shape index (κ1) is 21.9. The SMILES string of the molecule is O=C1C(=O)C(=C2CC=[N+]3C=CCC4=C3C2CC(O)C4)C(O)=C1C1=C2CC(O)CC3=C2N(CC=C3)CC1. The molecule has 7 aliphatic rings. The van der Waals surface area contributed by atoms with Gasteiger partial charge in [-0.1, -0.05) is 12.2 Å². The molecule has 36 heavy (non-hydrogen) atoms. The molecule has 0 aromatic rings. The molecule has 3 N–H and O–H groups in total. The number of carbonyl (C=O) groups excluding carboxylic acids is 2. The number of carbonyl (C=O) groups is 2. The second-order valence-corrected chi connectivity index (χ2v) is 10.8. The molecule has 184 valence electrons. The third-order valence-electron chi connectivity index (χ3n) is 8.72. The van der Waals surface area contributed by atoms with Crippen molar-refractivity contribution in [3.05, 3.63) is 80.6 Å². The summed E-state index contributed by atoms with van der Waals surface area (Å²) < 4.78 is 2.08. The van der Waals surface area contributed by atoms with Gasteiger partial charge in [-0.2, -0.15) is 4.58 Å². The quantitative estimate of drug-likeness (QED) is 0.300. The van der Waals surface area contributed by atoms with Gasteiger partial charge in [-0.25, -0.2) is 0 Å². The topological polar surface area (TPSA) is 101 Å². The maximum atomic E-state index is 13.5. The molecule has 0 aromatic carbocycles. The van der Waals surface area contributed by atoms with Crippen molar-refractivity contribution in [1.29, 1.82) is 0 Å². The molecular formula is C29H29N2O5+. The second-order valence-electron chi connectivity index (χ2n) is 10.8. The van der Waals surface area contributed by atoms with Crippen molar-refractivity contribution in [2.24, 2.45) is 5.92 Å². The van der Waals surface area contributed by atoms with Crippen LogP contribution in [0.2, 0.25) is 0 Å². The summed E-state index contributed by atoms with van der Waals surface area (Å²) in [7, 11) is 0. The molecule has 4 aliphatic heterocycles. The Bertz CT molecular complexity index is 1400. The Kier molecular flexibility index (Phi) is 4.79. The van der Waals surface area contributed by atoms with Crippen LogP contribution in [0.1, 0.15) is 44.9 Å². The Balaban J connectivity index is 1.41. The molecule has 4 heterocycles. The maximum absolute atomic E-state index is 13.5. The highest BCUT2D eigenvalue weighted by Gasteiger charge is 2.48. The summed E-state index contributed by atoms with van der Waals surface area (Å²) in [5.74, 6) is -1.74. The van der Waals surface area contributed by atoms with Crippen LogP contribution in [0, 0.1) is 5.92 Å². The van der Waals surface area contributed by atoms with Gasteiger partial charge in [0.1, 0.15) is 5.76 Å². The highest BCUT2D eigenvalue weighted by molar-refractivity contribution is 6.54. The van der Waals surface area contributed by atoms with Crippen molar-refractivity contribution in [1.82, 2.24) is 4.90 Å². The minimum Gasteiger partial charge on any atom is -0.506 e. The third-order valence-corrected chi connectivity index (χ3v) is 8.72. The number of nitrogens with zero attached hydrogens (tertiary/aromatic N) is 2. The lowest BCUT2D eigenvalue weighted by Gasteiger charge is -2.41. The average molecular weight is 486 g/mol. The largest absolute Gasteiger partial charge is 0.506 e. The molecule has 3 aliphatic carbocycles. The highest BCUT2D eigenvalue weighted by atomic mass is 16.3. The van der Waals surface area contributed by atoms with Gasteiger partial charge in [0.05, 0.1) is 29.3 Å². The Hall–Kier alpha value is -3.29. The van der Waals surface area contributed by atoms with E-state index >= 15 is 0 Å². The molecule has 7 rings (SSSR count). The zero-order valence-corrected chi connectivity index (χ0v) is 20.0. The van der Waals surface area contributed by atoms with E-state index in [0.29, 0.717) is 50.6 Å². The van der Waals surface area contributed by atoms with E-state index in [9.17, 15) is 24.9 Å². The fourth-order valence-corrected chi connectivity index (χ4v) is 7.31. The third kappa shape index (κ3) is 3.02. The summed E-state index contributed by atoms with van der Waals surface area (Å²) in [5, 5.41) is 32.7. The number of rotatable bonds is 1. The van der Waals surface area contributed by atoms with Crippen LogP contribution >= 0.6 is 0 Å². The molecule has 0 bridgehead atoms. The Labute approximate surface area is 209 Å². The fraction of sp³-hybridized carbons (Fsp3) is 0.414. The molecule has 3 atom stereocenters. The van der Waals surface area contributed by atoms with Gasteiger partial charge in [0.25, 0.3) is 0 Å². The summed E-state index contributed by atoms with van der Waals surface area (Å²) in [6, 6.07) is 0. The van der Waals surface area contributed by atoms with Crippen LogP contribution in [-0.2, 0) is 9.59 Å². The predicted octanol–water partition coefficient (Wildman–Crippen LogP) is 2.66. The molecule has 0 spiro atoms. The first-order valence-corrected chi connectivity index (χ1v) is 12.9. The van der Waals surface area contributed by atoms with Crippen LogP contribution < -0.4 is 0 Å². The van der Waals surface area contributed by atoms with Crippen molar-refractivity contribution in [3.63, 3.8) is 0 Å². The summed E-state index contributed by atoms with van der Waals surface area (Å²) in [5.41, 5.74) is 6.86. The van der Waals surface area contributed by atoms with Crippen LogP contribution in [0.25, 0.3) is 0 Å². The average Bonchev–Trinajstić information content (AvgIpc) is 3.07. The number of hydrogen-bond donors (Lipinski definition) is 3. The normalized spacial score (nSPS) is 33.6. The summed E-state index contributed by atoms with van der Waals surface area (Å²) in [4.78, 5) is 29.2. The molecular weight excluding hydrogens is 456 g/mol. The smallest absolute Gasteiger partial charge is 0.237 e. The zero-order valence-electron chi connectivity index (χ0n) is 20.0. The van der Waals surface area contributed by atoms with Crippen molar-refractivity contribution in [3.8, 4) is 0 Å². The molecule has 0 radical (unpaired) electrons. The van der Waals surface area contributed by atoms with E-state index in [1.165, 1.54) is 0 Å². The van der Waals surface area contributed by atoms with Gasteiger partial charge in [-0.05, 0) is 47.6 Å². The van der Waals surface area contributed by atoms with Crippen LogP contribution in [0.15, 0.2) is 80.6 Å². The zero-order chi connectivity index (χ0) is 24.7. The molecule has 7 nitrogen and oxygen atoms in total. The molecule has 7 heteroatoms. The van der Waals surface area contributed by atoms with Crippen molar-refractivity contribution in [2.45, 2.75) is 57.2 Å².